The summed E-state index contributed by atoms with van der Waals surface area (Å²) in [7, 11) is 0. The normalized spacial score (nSPS) is 10.1. The number of halogens is 1. The highest BCUT2D eigenvalue weighted by Gasteiger charge is 2.00. The van der Waals surface area contributed by atoms with Crippen molar-refractivity contribution < 1.29 is 14.3 Å². The first-order chi connectivity index (χ1) is 8.63. The summed E-state index contributed by atoms with van der Waals surface area (Å²) in [4.78, 5) is 10.4. The number of anilines is 1. The van der Waals surface area contributed by atoms with E-state index in [1.165, 1.54) is 12.1 Å². The third-order valence-electron chi connectivity index (χ3n) is 2.53. The van der Waals surface area contributed by atoms with Crippen LogP contribution in [0.25, 0.3) is 0 Å². The third-order valence-corrected chi connectivity index (χ3v) is 2.53. The summed E-state index contributed by atoms with van der Waals surface area (Å²) < 4.78 is 12.7. The highest BCUT2D eigenvalue weighted by Crippen LogP contribution is 2.14. The highest BCUT2D eigenvalue weighted by atomic mass is 19.1. The molecule has 2 rings (SSSR count). The number of rotatable bonds is 3. The molecule has 3 nitrogen and oxygen atoms in total. The van der Waals surface area contributed by atoms with E-state index in [9.17, 15) is 9.18 Å². The Labute approximate surface area is 104 Å². The van der Waals surface area contributed by atoms with Crippen molar-refractivity contribution in [3.63, 3.8) is 0 Å². The van der Waals surface area contributed by atoms with Crippen LogP contribution in [0.3, 0.4) is 0 Å². The van der Waals surface area contributed by atoms with Gasteiger partial charge in [-0.15, -0.1) is 0 Å². The summed E-state index contributed by atoms with van der Waals surface area (Å²) >= 11 is 0. The fraction of sp³-hybridized carbons (Fsp3) is 0.0714. The second-order valence-corrected chi connectivity index (χ2v) is 3.93. The second kappa shape index (κ2) is 5.31. The zero-order chi connectivity index (χ0) is 13.0. The molecule has 0 aliphatic carbocycles. The molecular formula is C14H12FNO2. The summed E-state index contributed by atoms with van der Waals surface area (Å²) in [6.07, 6.45) is -0.394. The number of hydrogen-bond acceptors (Lipinski definition) is 1. The fourth-order valence-corrected chi connectivity index (χ4v) is 1.67. The third kappa shape index (κ3) is 3.31. The number of carbonyl (C=O) groups is 1. The van der Waals surface area contributed by atoms with Crippen LogP contribution in [0.5, 0.6) is 0 Å². The van der Waals surface area contributed by atoms with Crippen molar-refractivity contribution in [2.45, 2.75) is 6.42 Å². The van der Waals surface area contributed by atoms with Crippen molar-refractivity contribution in [2.24, 2.45) is 0 Å². The Kier molecular flexibility index (Phi) is 3.57. The number of benzene rings is 2. The van der Waals surface area contributed by atoms with Crippen LogP contribution < -0.4 is 5.32 Å². The molecule has 0 saturated carbocycles. The zero-order valence-corrected chi connectivity index (χ0v) is 9.56. The maximum atomic E-state index is 12.7. The van der Waals surface area contributed by atoms with Gasteiger partial charge in [0.2, 0.25) is 0 Å². The van der Waals surface area contributed by atoms with E-state index >= 15 is 0 Å². The molecule has 0 atom stereocenters. The summed E-state index contributed by atoms with van der Waals surface area (Å²) in [6, 6.07) is 13.4. The first-order valence-corrected chi connectivity index (χ1v) is 5.47. The highest BCUT2D eigenvalue weighted by molar-refractivity contribution is 5.82. The van der Waals surface area contributed by atoms with E-state index < -0.39 is 6.09 Å². The van der Waals surface area contributed by atoms with Gasteiger partial charge in [-0.25, -0.2) is 9.18 Å². The van der Waals surface area contributed by atoms with Crippen LogP contribution in [0, 0.1) is 5.82 Å². The van der Waals surface area contributed by atoms with Crippen LogP contribution in [0.2, 0.25) is 0 Å². The molecule has 0 aromatic heterocycles. The lowest BCUT2D eigenvalue weighted by Crippen LogP contribution is -2.06. The maximum absolute atomic E-state index is 12.7. The molecule has 0 bridgehead atoms. The van der Waals surface area contributed by atoms with Crippen molar-refractivity contribution in [3.05, 3.63) is 65.5 Å². The lowest BCUT2D eigenvalue weighted by molar-refractivity contribution is 0.210. The van der Waals surface area contributed by atoms with Gasteiger partial charge in [0.05, 0.1) is 0 Å². The number of hydrogen-bond donors (Lipinski definition) is 2. The van der Waals surface area contributed by atoms with Crippen LogP contribution in [0.1, 0.15) is 11.1 Å². The van der Waals surface area contributed by atoms with Crippen LogP contribution in [-0.4, -0.2) is 11.2 Å². The van der Waals surface area contributed by atoms with Crippen LogP contribution in [0.4, 0.5) is 14.9 Å². The molecule has 2 aromatic carbocycles. The van der Waals surface area contributed by atoms with E-state index in [1.54, 1.807) is 24.3 Å². The van der Waals surface area contributed by atoms with Gasteiger partial charge >= 0.3 is 6.09 Å². The Morgan fingerprint density at radius 3 is 2.00 bits per heavy atom. The average Bonchev–Trinajstić information content (AvgIpc) is 2.34. The molecule has 0 radical (unpaired) electrons. The van der Waals surface area contributed by atoms with E-state index in [1.807, 2.05) is 12.1 Å². The van der Waals surface area contributed by atoms with E-state index in [0.717, 1.165) is 11.1 Å². The lowest BCUT2D eigenvalue weighted by atomic mass is 10.0. The SMILES string of the molecule is O=C(O)Nc1ccc(Cc2ccc(F)cc2)cc1. The monoisotopic (exact) mass is 245 g/mol. The predicted molar refractivity (Wildman–Crippen MR) is 67.3 cm³/mol. The Balaban J connectivity index is 2.06. The molecule has 92 valence electrons. The molecule has 18 heavy (non-hydrogen) atoms. The van der Waals surface area contributed by atoms with Gasteiger partial charge in [0.1, 0.15) is 5.82 Å². The molecule has 0 aliphatic rings. The molecule has 2 aromatic rings. The minimum Gasteiger partial charge on any atom is -0.465 e. The molecule has 0 aliphatic heterocycles. The summed E-state index contributed by atoms with van der Waals surface area (Å²) in [5, 5.41) is 10.8. The van der Waals surface area contributed by atoms with Gasteiger partial charge in [-0.05, 0) is 41.8 Å². The van der Waals surface area contributed by atoms with Crippen molar-refractivity contribution in [1.82, 2.24) is 0 Å². The smallest absolute Gasteiger partial charge is 0.409 e. The quantitative estimate of drug-likeness (QED) is 0.869. The zero-order valence-electron chi connectivity index (χ0n) is 9.56. The maximum Gasteiger partial charge on any atom is 0.409 e. The largest absolute Gasteiger partial charge is 0.465 e. The van der Waals surface area contributed by atoms with Gasteiger partial charge in [-0.2, -0.15) is 0 Å². The number of nitrogens with one attached hydrogen (secondary N) is 1. The van der Waals surface area contributed by atoms with E-state index in [0.29, 0.717) is 12.1 Å². The van der Waals surface area contributed by atoms with Gasteiger partial charge in [0.15, 0.2) is 0 Å². The molecule has 4 heteroatoms. The lowest BCUT2D eigenvalue weighted by Gasteiger charge is -2.04. The summed E-state index contributed by atoms with van der Waals surface area (Å²) in [5.74, 6) is -0.250. The average molecular weight is 245 g/mol. The van der Waals surface area contributed by atoms with Gasteiger partial charge in [0, 0.05) is 5.69 Å². The first kappa shape index (κ1) is 12.1. The van der Waals surface area contributed by atoms with Crippen LogP contribution in [0.15, 0.2) is 48.5 Å². The van der Waals surface area contributed by atoms with Gasteiger partial charge in [-0.3, -0.25) is 5.32 Å². The number of amides is 1. The Bertz CT molecular complexity index is 535. The molecular weight excluding hydrogens is 233 g/mol. The van der Waals surface area contributed by atoms with Crippen molar-refractivity contribution in [2.75, 3.05) is 5.32 Å². The van der Waals surface area contributed by atoms with Crippen LogP contribution >= 0.6 is 0 Å². The Hall–Kier alpha value is -2.36. The van der Waals surface area contributed by atoms with Crippen molar-refractivity contribution in [3.8, 4) is 0 Å². The van der Waals surface area contributed by atoms with Crippen molar-refractivity contribution >= 4 is 11.8 Å². The topological polar surface area (TPSA) is 49.3 Å². The second-order valence-electron chi connectivity index (χ2n) is 3.93. The minimum atomic E-state index is -1.08. The molecule has 2 N–H and O–H groups in total. The molecule has 1 amide bonds. The summed E-state index contributed by atoms with van der Waals surface area (Å²) in [6.45, 7) is 0. The minimum absolute atomic E-state index is 0.250. The van der Waals surface area contributed by atoms with E-state index in [-0.39, 0.29) is 5.82 Å². The van der Waals surface area contributed by atoms with E-state index in [4.69, 9.17) is 5.11 Å². The summed E-state index contributed by atoms with van der Waals surface area (Å²) in [5.41, 5.74) is 2.58. The predicted octanol–water partition coefficient (Wildman–Crippen LogP) is 3.51. The fourth-order valence-electron chi connectivity index (χ4n) is 1.67. The standard InChI is InChI=1S/C14H12FNO2/c15-12-5-1-10(2-6-12)9-11-3-7-13(8-4-11)16-14(17)18/h1-8,16H,9H2,(H,17,18). The molecule has 0 saturated heterocycles. The Morgan fingerprint density at radius 2 is 1.50 bits per heavy atom. The molecule has 0 unspecified atom stereocenters. The molecule has 0 spiro atoms. The van der Waals surface area contributed by atoms with Crippen LogP contribution in [-0.2, 0) is 6.42 Å². The Morgan fingerprint density at radius 1 is 1.00 bits per heavy atom. The first-order valence-electron chi connectivity index (χ1n) is 5.47. The van der Waals surface area contributed by atoms with Gasteiger partial charge in [0.25, 0.3) is 0 Å². The number of carboxylic acid groups (broad SMARTS) is 1. The molecule has 0 fully saturated rings. The van der Waals surface area contributed by atoms with Crippen molar-refractivity contribution in [1.29, 1.82) is 0 Å². The van der Waals surface area contributed by atoms with E-state index in [2.05, 4.69) is 5.32 Å². The van der Waals surface area contributed by atoms with Gasteiger partial charge < -0.3 is 5.11 Å². The van der Waals surface area contributed by atoms with Gasteiger partial charge in [-0.1, -0.05) is 24.3 Å². The molecule has 0 heterocycles.